The predicted molar refractivity (Wildman–Crippen MR) is 69.8 cm³/mol. The Morgan fingerprint density at radius 2 is 1.94 bits per heavy atom. The molecule has 0 aliphatic heterocycles. The Kier molecular flexibility index (Phi) is 5.33. The molecule has 18 heavy (non-hydrogen) atoms. The van der Waals surface area contributed by atoms with Gasteiger partial charge in [-0.3, -0.25) is 4.79 Å². The van der Waals surface area contributed by atoms with Gasteiger partial charge in [0.15, 0.2) is 0 Å². The zero-order chi connectivity index (χ0) is 13.6. The van der Waals surface area contributed by atoms with Crippen LogP contribution in [0, 0.1) is 0 Å². The average molecular weight is 289 g/mol. The van der Waals surface area contributed by atoms with Crippen LogP contribution in [0.1, 0.15) is 0 Å². The third-order valence-corrected chi connectivity index (χ3v) is 3.66. The zero-order valence-corrected chi connectivity index (χ0v) is 11.1. The van der Waals surface area contributed by atoms with Crippen LogP contribution in [0.5, 0.6) is 0 Å². The van der Waals surface area contributed by atoms with Gasteiger partial charge in [0.2, 0.25) is 15.9 Å². The molecule has 98 valence electrons. The van der Waals surface area contributed by atoms with E-state index in [4.69, 9.17) is 11.6 Å². The Labute approximate surface area is 111 Å². The topological polar surface area (TPSA) is 75.3 Å². The molecule has 0 bridgehead atoms. The van der Waals surface area contributed by atoms with E-state index in [1.54, 1.807) is 0 Å². The van der Waals surface area contributed by atoms with Crippen LogP contribution in [0.2, 0.25) is 5.02 Å². The van der Waals surface area contributed by atoms with Crippen LogP contribution in [0.4, 0.5) is 0 Å². The second-order valence-corrected chi connectivity index (χ2v) is 5.57. The summed E-state index contributed by atoms with van der Waals surface area (Å²) in [7, 11) is -3.69. The van der Waals surface area contributed by atoms with Crippen molar-refractivity contribution in [1.82, 2.24) is 10.0 Å². The van der Waals surface area contributed by atoms with E-state index in [2.05, 4.69) is 16.6 Å². The molecule has 0 atom stereocenters. The Morgan fingerprint density at radius 3 is 2.50 bits per heavy atom. The normalized spacial score (nSPS) is 10.9. The fourth-order valence-electron chi connectivity index (χ4n) is 1.11. The quantitative estimate of drug-likeness (QED) is 0.765. The van der Waals surface area contributed by atoms with Crippen LogP contribution in [-0.4, -0.2) is 27.4 Å². The molecule has 0 unspecified atom stereocenters. The molecule has 7 heteroatoms. The number of benzene rings is 1. The van der Waals surface area contributed by atoms with Crippen molar-refractivity contribution in [2.45, 2.75) is 4.90 Å². The van der Waals surface area contributed by atoms with Crippen molar-refractivity contribution in [3.8, 4) is 0 Å². The van der Waals surface area contributed by atoms with E-state index >= 15 is 0 Å². The number of halogens is 1. The number of rotatable bonds is 6. The lowest BCUT2D eigenvalue weighted by Gasteiger charge is -2.06. The van der Waals surface area contributed by atoms with E-state index in [9.17, 15) is 13.2 Å². The number of carbonyl (C=O) groups excluding carboxylic acids is 1. The highest BCUT2D eigenvalue weighted by molar-refractivity contribution is 7.89. The van der Waals surface area contributed by atoms with Gasteiger partial charge in [-0.25, -0.2) is 13.1 Å². The zero-order valence-electron chi connectivity index (χ0n) is 9.52. The molecule has 2 N–H and O–H groups in total. The van der Waals surface area contributed by atoms with Crippen LogP contribution in [0.15, 0.2) is 41.8 Å². The Hall–Kier alpha value is -1.37. The molecule has 0 radical (unpaired) electrons. The average Bonchev–Trinajstić information content (AvgIpc) is 2.34. The number of hydrogen-bond donors (Lipinski definition) is 2. The maximum Gasteiger partial charge on any atom is 0.241 e. The lowest BCUT2D eigenvalue weighted by molar-refractivity contribution is -0.119. The standard InChI is InChI=1S/C11H13ClN2O3S/c1-2-7-13-11(15)8-14-18(16,17)10-5-3-9(12)4-6-10/h2-6,14H,1,7-8H2,(H,13,15). The summed E-state index contributed by atoms with van der Waals surface area (Å²) in [6.45, 7) is 3.40. The first-order chi connectivity index (χ1) is 8.45. The minimum atomic E-state index is -3.69. The highest BCUT2D eigenvalue weighted by atomic mass is 35.5. The van der Waals surface area contributed by atoms with Crippen LogP contribution in [0.3, 0.4) is 0 Å². The van der Waals surface area contributed by atoms with Crippen LogP contribution in [-0.2, 0) is 14.8 Å². The van der Waals surface area contributed by atoms with E-state index in [-0.39, 0.29) is 11.4 Å². The van der Waals surface area contributed by atoms with Gasteiger partial charge in [0.1, 0.15) is 0 Å². The summed E-state index contributed by atoms with van der Waals surface area (Å²) in [4.78, 5) is 11.3. The highest BCUT2D eigenvalue weighted by Gasteiger charge is 2.14. The van der Waals surface area contributed by atoms with Gasteiger partial charge in [-0.1, -0.05) is 17.7 Å². The Bertz CT molecular complexity index is 526. The van der Waals surface area contributed by atoms with Crippen molar-refractivity contribution in [2.75, 3.05) is 13.1 Å². The molecular weight excluding hydrogens is 276 g/mol. The summed E-state index contributed by atoms with van der Waals surface area (Å²) < 4.78 is 25.7. The third kappa shape index (κ3) is 4.48. The van der Waals surface area contributed by atoms with Crippen molar-refractivity contribution in [1.29, 1.82) is 0 Å². The van der Waals surface area contributed by atoms with E-state index in [0.717, 1.165) is 0 Å². The van der Waals surface area contributed by atoms with Crippen molar-refractivity contribution in [3.63, 3.8) is 0 Å². The molecule has 1 rings (SSSR count). The molecule has 1 aromatic rings. The number of nitrogens with one attached hydrogen (secondary N) is 2. The molecule has 0 saturated heterocycles. The number of sulfonamides is 1. The van der Waals surface area contributed by atoms with Gasteiger partial charge in [0.25, 0.3) is 0 Å². The summed E-state index contributed by atoms with van der Waals surface area (Å²) in [5.41, 5.74) is 0. The van der Waals surface area contributed by atoms with Gasteiger partial charge in [-0.15, -0.1) is 6.58 Å². The first-order valence-electron chi connectivity index (χ1n) is 5.08. The van der Waals surface area contributed by atoms with Gasteiger partial charge in [-0.2, -0.15) is 0 Å². The van der Waals surface area contributed by atoms with Crippen LogP contribution in [0.25, 0.3) is 0 Å². The van der Waals surface area contributed by atoms with Crippen molar-refractivity contribution < 1.29 is 13.2 Å². The highest BCUT2D eigenvalue weighted by Crippen LogP contribution is 2.13. The minimum absolute atomic E-state index is 0.0587. The first-order valence-corrected chi connectivity index (χ1v) is 6.94. The fourth-order valence-corrected chi connectivity index (χ4v) is 2.21. The summed E-state index contributed by atoms with van der Waals surface area (Å²) in [6.07, 6.45) is 1.51. The lowest BCUT2D eigenvalue weighted by Crippen LogP contribution is -2.36. The second kappa shape index (κ2) is 6.53. The molecular formula is C11H13ClN2O3S. The molecule has 0 heterocycles. The van der Waals surface area contributed by atoms with Crippen LogP contribution >= 0.6 is 11.6 Å². The lowest BCUT2D eigenvalue weighted by atomic mass is 10.4. The summed E-state index contributed by atoms with van der Waals surface area (Å²) in [6, 6.07) is 5.67. The maximum atomic E-state index is 11.8. The Morgan fingerprint density at radius 1 is 1.33 bits per heavy atom. The van der Waals surface area contributed by atoms with E-state index in [1.807, 2.05) is 0 Å². The molecule has 1 amide bonds. The number of amides is 1. The third-order valence-electron chi connectivity index (χ3n) is 1.99. The van der Waals surface area contributed by atoms with Crippen molar-refractivity contribution in [3.05, 3.63) is 41.9 Å². The van der Waals surface area contributed by atoms with Gasteiger partial charge in [-0.05, 0) is 24.3 Å². The van der Waals surface area contributed by atoms with Gasteiger partial charge in [0.05, 0.1) is 11.4 Å². The predicted octanol–water partition coefficient (Wildman–Crippen LogP) is 0.921. The largest absolute Gasteiger partial charge is 0.352 e. The van der Waals surface area contributed by atoms with Crippen molar-refractivity contribution >= 4 is 27.5 Å². The fraction of sp³-hybridized carbons (Fsp3) is 0.182. The van der Waals surface area contributed by atoms with E-state index in [0.29, 0.717) is 11.6 Å². The van der Waals surface area contributed by atoms with Gasteiger partial charge in [0, 0.05) is 11.6 Å². The molecule has 0 aliphatic carbocycles. The molecule has 0 fully saturated rings. The molecule has 0 spiro atoms. The minimum Gasteiger partial charge on any atom is -0.352 e. The summed E-state index contributed by atoms with van der Waals surface area (Å²) >= 11 is 5.66. The molecule has 0 saturated carbocycles. The van der Waals surface area contributed by atoms with E-state index < -0.39 is 15.9 Å². The monoisotopic (exact) mass is 288 g/mol. The van der Waals surface area contributed by atoms with Crippen molar-refractivity contribution in [2.24, 2.45) is 0 Å². The van der Waals surface area contributed by atoms with Crippen LogP contribution < -0.4 is 10.0 Å². The second-order valence-electron chi connectivity index (χ2n) is 3.37. The SMILES string of the molecule is C=CCNC(=O)CNS(=O)(=O)c1ccc(Cl)cc1. The first kappa shape index (κ1) is 14.7. The van der Waals surface area contributed by atoms with Gasteiger partial charge >= 0.3 is 0 Å². The number of carbonyl (C=O) groups is 1. The summed E-state index contributed by atoms with van der Waals surface area (Å²) in [5.74, 6) is -0.424. The Balaban J connectivity index is 2.62. The maximum absolute atomic E-state index is 11.8. The smallest absolute Gasteiger partial charge is 0.241 e. The van der Waals surface area contributed by atoms with E-state index in [1.165, 1.54) is 30.3 Å². The van der Waals surface area contributed by atoms with Gasteiger partial charge < -0.3 is 5.32 Å². The summed E-state index contributed by atoms with van der Waals surface area (Å²) in [5, 5.41) is 2.90. The molecule has 1 aromatic carbocycles. The molecule has 0 aliphatic rings. The number of hydrogen-bond acceptors (Lipinski definition) is 3. The molecule has 5 nitrogen and oxygen atoms in total. The molecule has 0 aromatic heterocycles.